The number of hydrogen-bond donors (Lipinski definition) is 0. The van der Waals surface area contributed by atoms with E-state index in [0.717, 1.165) is 0 Å². The number of aromatic nitrogens is 1. The fraction of sp³-hybridized carbons (Fsp3) is 0. The molecule has 0 saturated carbocycles. The maximum absolute atomic E-state index is 2.21. The highest BCUT2D eigenvalue weighted by Crippen LogP contribution is 2.26. The first-order valence-electron chi connectivity index (χ1n) is 4.55. The predicted molar refractivity (Wildman–Crippen MR) is 60.7 cm³/mol. The number of rotatable bonds is 1. The molecule has 0 aliphatic heterocycles. The second-order valence-corrected chi connectivity index (χ2v) is 4.14. The first kappa shape index (κ1) is 7.83. The van der Waals surface area contributed by atoms with Crippen LogP contribution in [0.3, 0.4) is 0 Å². The Labute approximate surface area is 86.2 Å². The Balaban J connectivity index is 2.33. The van der Waals surface area contributed by atoms with Gasteiger partial charge in [-0.3, -0.25) is 0 Å². The molecule has 0 N–H and O–H groups in total. The number of thiophene rings is 1. The summed E-state index contributed by atoms with van der Waals surface area (Å²) in [4.78, 5) is 1.32. The zero-order chi connectivity index (χ0) is 9.38. The monoisotopic (exact) mass is 199 g/mol. The van der Waals surface area contributed by atoms with Crippen molar-refractivity contribution in [2.45, 2.75) is 0 Å². The molecule has 68 valence electrons. The standard InChI is InChI=1S/C12H9NS/c1-2-8-13-10(4-1)6-7-11(13)12-5-3-9-14-12/h1-9H. The molecule has 3 heterocycles. The van der Waals surface area contributed by atoms with Crippen LogP contribution in [0.15, 0.2) is 54.0 Å². The average Bonchev–Trinajstić information content (AvgIpc) is 2.85. The summed E-state index contributed by atoms with van der Waals surface area (Å²) in [5, 5.41) is 2.11. The first-order valence-corrected chi connectivity index (χ1v) is 5.43. The van der Waals surface area contributed by atoms with Gasteiger partial charge in [-0.2, -0.15) is 0 Å². The van der Waals surface area contributed by atoms with Crippen molar-refractivity contribution in [3.63, 3.8) is 0 Å². The molecule has 0 bridgehead atoms. The van der Waals surface area contributed by atoms with E-state index in [2.05, 4.69) is 58.4 Å². The van der Waals surface area contributed by atoms with E-state index in [1.165, 1.54) is 16.1 Å². The quantitative estimate of drug-likeness (QED) is 0.563. The van der Waals surface area contributed by atoms with Gasteiger partial charge in [-0.15, -0.1) is 11.3 Å². The van der Waals surface area contributed by atoms with Crippen LogP contribution in [0.2, 0.25) is 0 Å². The third kappa shape index (κ3) is 1.08. The van der Waals surface area contributed by atoms with E-state index in [1.807, 2.05) is 0 Å². The molecule has 3 rings (SSSR count). The predicted octanol–water partition coefficient (Wildman–Crippen LogP) is 3.67. The zero-order valence-electron chi connectivity index (χ0n) is 7.55. The molecule has 14 heavy (non-hydrogen) atoms. The van der Waals surface area contributed by atoms with Gasteiger partial charge in [0.15, 0.2) is 0 Å². The summed E-state index contributed by atoms with van der Waals surface area (Å²) in [7, 11) is 0. The van der Waals surface area contributed by atoms with Crippen molar-refractivity contribution in [1.82, 2.24) is 4.40 Å². The molecule has 0 atom stereocenters. The molecule has 0 amide bonds. The second kappa shape index (κ2) is 3.00. The van der Waals surface area contributed by atoms with Crippen molar-refractivity contribution in [3.05, 3.63) is 54.0 Å². The normalized spacial score (nSPS) is 10.9. The molecule has 3 aromatic rings. The Hall–Kier alpha value is -1.54. The summed E-state index contributed by atoms with van der Waals surface area (Å²) < 4.78 is 2.21. The largest absolute Gasteiger partial charge is 0.316 e. The molecular formula is C12H9NS. The average molecular weight is 199 g/mol. The molecule has 0 aliphatic carbocycles. The molecule has 2 heteroatoms. The summed E-state index contributed by atoms with van der Waals surface area (Å²) in [6.07, 6.45) is 2.10. The van der Waals surface area contributed by atoms with E-state index < -0.39 is 0 Å². The molecule has 0 spiro atoms. The van der Waals surface area contributed by atoms with Crippen molar-refractivity contribution < 1.29 is 0 Å². The van der Waals surface area contributed by atoms with Crippen LogP contribution in [0.1, 0.15) is 0 Å². The fourth-order valence-corrected chi connectivity index (χ4v) is 2.43. The zero-order valence-corrected chi connectivity index (χ0v) is 8.37. The summed E-state index contributed by atoms with van der Waals surface area (Å²) >= 11 is 1.77. The molecule has 0 radical (unpaired) electrons. The lowest BCUT2D eigenvalue weighted by molar-refractivity contribution is 1.21. The molecule has 0 fully saturated rings. The summed E-state index contributed by atoms with van der Waals surface area (Å²) in [5.74, 6) is 0. The summed E-state index contributed by atoms with van der Waals surface area (Å²) in [6, 6.07) is 14.8. The van der Waals surface area contributed by atoms with Gasteiger partial charge >= 0.3 is 0 Å². The van der Waals surface area contributed by atoms with Crippen molar-refractivity contribution in [2.75, 3.05) is 0 Å². The van der Waals surface area contributed by atoms with Crippen molar-refractivity contribution in [3.8, 4) is 10.6 Å². The first-order chi connectivity index (χ1) is 6.95. The van der Waals surface area contributed by atoms with Gasteiger partial charge < -0.3 is 4.40 Å². The minimum atomic E-state index is 1.25. The van der Waals surface area contributed by atoms with Crippen LogP contribution >= 0.6 is 11.3 Å². The van der Waals surface area contributed by atoms with Gasteiger partial charge in [0, 0.05) is 11.7 Å². The van der Waals surface area contributed by atoms with E-state index in [-0.39, 0.29) is 0 Å². The van der Waals surface area contributed by atoms with E-state index in [1.54, 1.807) is 11.3 Å². The van der Waals surface area contributed by atoms with E-state index in [4.69, 9.17) is 0 Å². The van der Waals surface area contributed by atoms with E-state index in [9.17, 15) is 0 Å². The summed E-state index contributed by atoms with van der Waals surface area (Å²) in [6.45, 7) is 0. The molecule has 3 aromatic heterocycles. The molecule has 1 nitrogen and oxygen atoms in total. The molecular weight excluding hydrogens is 190 g/mol. The van der Waals surface area contributed by atoms with Crippen LogP contribution in [-0.2, 0) is 0 Å². The van der Waals surface area contributed by atoms with Crippen LogP contribution in [0.25, 0.3) is 16.1 Å². The van der Waals surface area contributed by atoms with E-state index >= 15 is 0 Å². The van der Waals surface area contributed by atoms with Crippen LogP contribution in [0.4, 0.5) is 0 Å². The highest BCUT2D eigenvalue weighted by atomic mass is 32.1. The molecule has 0 aromatic carbocycles. The Morgan fingerprint density at radius 1 is 0.929 bits per heavy atom. The minimum absolute atomic E-state index is 1.25. The van der Waals surface area contributed by atoms with Gasteiger partial charge in [-0.1, -0.05) is 12.1 Å². The number of fused-ring (bicyclic) bond motifs is 1. The van der Waals surface area contributed by atoms with E-state index in [0.29, 0.717) is 0 Å². The highest BCUT2D eigenvalue weighted by Gasteiger charge is 2.03. The van der Waals surface area contributed by atoms with Gasteiger partial charge in [0.25, 0.3) is 0 Å². The van der Waals surface area contributed by atoms with Gasteiger partial charge in [-0.25, -0.2) is 0 Å². The number of hydrogen-bond acceptors (Lipinski definition) is 1. The lowest BCUT2D eigenvalue weighted by atomic mass is 10.3. The van der Waals surface area contributed by atoms with Crippen LogP contribution in [0, 0.1) is 0 Å². The third-order valence-corrected chi connectivity index (χ3v) is 3.23. The smallest absolute Gasteiger partial charge is 0.0628 e. The van der Waals surface area contributed by atoms with Gasteiger partial charge in [0.1, 0.15) is 0 Å². The van der Waals surface area contributed by atoms with Gasteiger partial charge in [-0.05, 0) is 35.7 Å². The summed E-state index contributed by atoms with van der Waals surface area (Å²) in [5.41, 5.74) is 2.52. The Morgan fingerprint density at radius 3 is 2.79 bits per heavy atom. The third-order valence-electron chi connectivity index (χ3n) is 2.34. The second-order valence-electron chi connectivity index (χ2n) is 3.19. The Morgan fingerprint density at radius 2 is 1.93 bits per heavy atom. The van der Waals surface area contributed by atoms with Crippen LogP contribution in [0.5, 0.6) is 0 Å². The van der Waals surface area contributed by atoms with Crippen molar-refractivity contribution in [2.24, 2.45) is 0 Å². The van der Waals surface area contributed by atoms with Gasteiger partial charge in [0.2, 0.25) is 0 Å². The Bertz CT molecular complexity index is 548. The number of nitrogens with zero attached hydrogens (tertiary/aromatic N) is 1. The number of pyridine rings is 1. The molecule has 0 aliphatic rings. The lowest BCUT2D eigenvalue weighted by Gasteiger charge is -1.98. The van der Waals surface area contributed by atoms with Gasteiger partial charge in [0.05, 0.1) is 10.6 Å². The maximum Gasteiger partial charge on any atom is 0.0628 e. The molecule has 0 saturated heterocycles. The topological polar surface area (TPSA) is 4.41 Å². The lowest BCUT2D eigenvalue weighted by Crippen LogP contribution is -1.83. The molecule has 0 unspecified atom stereocenters. The van der Waals surface area contributed by atoms with Crippen molar-refractivity contribution in [1.29, 1.82) is 0 Å². The highest BCUT2D eigenvalue weighted by molar-refractivity contribution is 7.13. The maximum atomic E-state index is 2.21. The van der Waals surface area contributed by atoms with Crippen LogP contribution in [-0.4, -0.2) is 4.40 Å². The van der Waals surface area contributed by atoms with Crippen molar-refractivity contribution >= 4 is 16.9 Å². The van der Waals surface area contributed by atoms with Crippen LogP contribution < -0.4 is 0 Å². The fourth-order valence-electron chi connectivity index (χ4n) is 1.68. The Kier molecular flexibility index (Phi) is 1.67. The minimum Gasteiger partial charge on any atom is -0.316 e. The SMILES string of the molecule is c1csc(-c2ccc3ccccn23)c1.